The van der Waals surface area contributed by atoms with Gasteiger partial charge in [-0.05, 0) is 13.8 Å². The monoisotopic (exact) mass is 326 g/mol. The number of hydrogen-bond donors (Lipinski definition) is 1. The summed E-state index contributed by atoms with van der Waals surface area (Å²) in [6.07, 6.45) is 0. The van der Waals surface area contributed by atoms with Crippen molar-refractivity contribution in [2.24, 2.45) is 5.41 Å². The SMILES string of the molecule is CCN(CC)C(=O)N1CCN(C(=O)CNC(=O)C(C)(C)C)CC1. The molecule has 0 atom stereocenters. The van der Waals surface area contributed by atoms with Crippen molar-refractivity contribution >= 4 is 17.8 Å². The van der Waals surface area contributed by atoms with E-state index in [2.05, 4.69) is 5.32 Å². The zero-order chi connectivity index (χ0) is 17.6. The topological polar surface area (TPSA) is 73.0 Å². The average molecular weight is 326 g/mol. The number of amides is 4. The summed E-state index contributed by atoms with van der Waals surface area (Å²) in [4.78, 5) is 41.5. The van der Waals surface area contributed by atoms with E-state index in [1.54, 1.807) is 14.7 Å². The van der Waals surface area contributed by atoms with E-state index in [9.17, 15) is 14.4 Å². The maximum absolute atomic E-state index is 12.3. The number of piperazine rings is 1. The van der Waals surface area contributed by atoms with Gasteiger partial charge in [-0.3, -0.25) is 9.59 Å². The summed E-state index contributed by atoms with van der Waals surface area (Å²) in [5.74, 6) is -0.237. The molecule has 7 heteroatoms. The highest BCUT2D eigenvalue weighted by atomic mass is 16.2. The Kier molecular flexibility index (Phi) is 6.84. The lowest BCUT2D eigenvalue weighted by Crippen LogP contribution is -2.55. The van der Waals surface area contributed by atoms with Gasteiger partial charge in [0.15, 0.2) is 0 Å². The Labute approximate surface area is 139 Å². The molecule has 132 valence electrons. The van der Waals surface area contributed by atoms with Gasteiger partial charge in [-0.1, -0.05) is 20.8 Å². The number of rotatable bonds is 4. The van der Waals surface area contributed by atoms with Gasteiger partial charge < -0.3 is 20.0 Å². The molecule has 1 heterocycles. The highest BCUT2D eigenvalue weighted by Crippen LogP contribution is 2.12. The van der Waals surface area contributed by atoms with Gasteiger partial charge in [0.25, 0.3) is 0 Å². The summed E-state index contributed by atoms with van der Waals surface area (Å²) < 4.78 is 0. The van der Waals surface area contributed by atoms with Crippen LogP contribution in [0.3, 0.4) is 0 Å². The Balaban J connectivity index is 2.42. The van der Waals surface area contributed by atoms with Crippen LogP contribution < -0.4 is 5.32 Å². The molecule has 0 aromatic heterocycles. The molecule has 1 aliphatic rings. The Bertz CT molecular complexity index is 433. The molecule has 0 spiro atoms. The normalized spacial score (nSPS) is 15.3. The van der Waals surface area contributed by atoms with Crippen LogP contribution in [0.2, 0.25) is 0 Å². The van der Waals surface area contributed by atoms with Crippen LogP contribution in [-0.4, -0.2) is 78.4 Å². The summed E-state index contributed by atoms with van der Waals surface area (Å²) in [6, 6.07) is 0.0307. The van der Waals surface area contributed by atoms with Crippen LogP contribution in [0.15, 0.2) is 0 Å². The Morgan fingerprint density at radius 2 is 1.43 bits per heavy atom. The van der Waals surface area contributed by atoms with Gasteiger partial charge in [0.2, 0.25) is 11.8 Å². The minimum atomic E-state index is -0.505. The maximum Gasteiger partial charge on any atom is 0.320 e. The molecule has 0 aliphatic carbocycles. The molecule has 4 amide bonds. The minimum absolute atomic E-state index is 0.0140. The highest BCUT2D eigenvalue weighted by molar-refractivity contribution is 5.87. The number of hydrogen-bond acceptors (Lipinski definition) is 3. The van der Waals surface area contributed by atoms with Crippen molar-refractivity contribution in [2.75, 3.05) is 45.8 Å². The van der Waals surface area contributed by atoms with Gasteiger partial charge in [-0.2, -0.15) is 0 Å². The molecule has 23 heavy (non-hydrogen) atoms. The third-order valence-corrected chi connectivity index (χ3v) is 4.02. The molecule has 1 rings (SSSR count). The molecular formula is C16H30N4O3. The second-order valence-corrected chi connectivity index (χ2v) is 6.76. The summed E-state index contributed by atoms with van der Waals surface area (Å²) >= 11 is 0. The summed E-state index contributed by atoms with van der Waals surface area (Å²) in [5, 5.41) is 2.67. The van der Waals surface area contributed by atoms with Gasteiger partial charge in [0, 0.05) is 44.7 Å². The first kappa shape index (κ1) is 19.3. The molecule has 0 saturated carbocycles. The average Bonchev–Trinajstić information content (AvgIpc) is 2.52. The second-order valence-electron chi connectivity index (χ2n) is 6.76. The molecule has 0 aromatic carbocycles. The first-order chi connectivity index (χ1) is 10.7. The predicted octanol–water partition coefficient (Wildman–Crippen LogP) is 0.755. The van der Waals surface area contributed by atoms with E-state index in [0.717, 1.165) is 0 Å². The van der Waals surface area contributed by atoms with E-state index in [1.807, 2.05) is 34.6 Å². The largest absolute Gasteiger partial charge is 0.347 e. The lowest BCUT2D eigenvalue weighted by molar-refractivity contribution is -0.136. The molecule has 0 unspecified atom stereocenters. The third-order valence-electron chi connectivity index (χ3n) is 4.02. The van der Waals surface area contributed by atoms with Crippen LogP contribution in [0.4, 0.5) is 4.79 Å². The first-order valence-corrected chi connectivity index (χ1v) is 8.30. The molecule has 1 N–H and O–H groups in total. The number of urea groups is 1. The van der Waals surface area contributed by atoms with Crippen molar-refractivity contribution in [3.63, 3.8) is 0 Å². The quantitative estimate of drug-likeness (QED) is 0.829. The minimum Gasteiger partial charge on any atom is -0.347 e. The van der Waals surface area contributed by atoms with E-state index >= 15 is 0 Å². The van der Waals surface area contributed by atoms with Gasteiger partial charge in [0.1, 0.15) is 0 Å². The van der Waals surface area contributed by atoms with Crippen LogP contribution >= 0.6 is 0 Å². The fourth-order valence-corrected chi connectivity index (χ4v) is 2.37. The maximum atomic E-state index is 12.3. The van der Waals surface area contributed by atoms with Crippen molar-refractivity contribution in [2.45, 2.75) is 34.6 Å². The zero-order valence-corrected chi connectivity index (χ0v) is 15.0. The molecule has 1 aliphatic heterocycles. The first-order valence-electron chi connectivity index (χ1n) is 8.30. The van der Waals surface area contributed by atoms with E-state index in [4.69, 9.17) is 0 Å². The lowest BCUT2D eigenvalue weighted by Gasteiger charge is -2.37. The zero-order valence-electron chi connectivity index (χ0n) is 15.0. The predicted molar refractivity (Wildman–Crippen MR) is 88.9 cm³/mol. The molecule has 0 aromatic rings. The number of carbonyl (C=O) groups is 3. The van der Waals surface area contributed by atoms with Crippen molar-refractivity contribution in [3.8, 4) is 0 Å². The molecule has 1 fully saturated rings. The van der Waals surface area contributed by atoms with Crippen LogP contribution in [0.25, 0.3) is 0 Å². The molecule has 1 saturated heterocycles. The molecule has 0 bridgehead atoms. The van der Waals surface area contributed by atoms with Crippen molar-refractivity contribution in [1.29, 1.82) is 0 Å². The standard InChI is InChI=1S/C16H30N4O3/c1-6-18(7-2)15(23)20-10-8-19(9-11-20)13(21)12-17-14(22)16(3,4)5/h6-12H2,1-5H3,(H,17,22). The van der Waals surface area contributed by atoms with E-state index in [0.29, 0.717) is 39.3 Å². The number of nitrogens with zero attached hydrogens (tertiary/aromatic N) is 3. The van der Waals surface area contributed by atoms with E-state index in [-0.39, 0.29) is 24.4 Å². The van der Waals surface area contributed by atoms with Crippen molar-refractivity contribution in [3.05, 3.63) is 0 Å². The van der Waals surface area contributed by atoms with E-state index in [1.165, 1.54) is 0 Å². The van der Waals surface area contributed by atoms with Gasteiger partial charge in [-0.25, -0.2) is 4.79 Å². The number of nitrogens with one attached hydrogen (secondary N) is 1. The van der Waals surface area contributed by atoms with Crippen LogP contribution in [-0.2, 0) is 9.59 Å². The summed E-state index contributed by atoms with van der Waals surface area (Å²) in [5.41, 5.74) is -0.505. The van der Waals surface area contributed by atoms with Crippen molar-refractivity contribution < 1.29 is 14.4 Å². The molecule has 0 radical (unpaired) electrons. The molecular weight excluding hydrogens is 296 g/mol. The van der Waals surface area contributed by atoms with Crippen LogP contribution in [0.1, 0.15) is 34.6 Å². The Hall–Kier alpha value is -1.79. The highest BCUT2D eigenvalue weighted by Gasteiger charge is 2.27. The number of carbonyl (C=O) groups excluding carboxylic acids is 3. The fraction of sp³-hybridized carbons (Fsp3) is 0.812. The third kappa shape index (κ3) is 5.41. The summed E-state index contributed by atoms with van der Waals surface area (Å²) in [7, 11) is 0. The molecule has 7 nitrogen and oxygen atoms in total. The van der Waals surface area contributed by atoms with E-state index < -0.39 is 5.41 Å². The Morgan fingerprint density at radius 1 is 0.957 bits per heavy atom. The lowest BCUT2D eigenvalue weighted by atomic mass is 9.96. The fourth-order valence-electron chi connectivity index (χ4n) is 2.37. The summed E-state index contributed by atoms with van der Waals surface area (Å²) in [6.45, 7) is 12.8. The van der Waals surface area contributed by atoms with Gasteiger partial charge >= 0.3 is 6.03 Å². The van der Waals surface area contributed by atoms with Crippen molar-refractivity contribution in [1.82, 2.24) is 20.0 Å². The van der Waals surface area contributed by atoms with Crippen LogP contribution in [0.5, 0.6) is 0 Å². The van der Waals surface area contributed by atoms with Gasteiger partial charge in [0.05, 0.1) is 6.54 Å². The van der Waals surface area contributed by atoms with Crippen LogP contribution in [0, 0.1) is 5.41 Å². The smallest absolute Gasteiger partial charge is 0.320 e. The van der Waals surface area contributed by atoms with Gasteiger partial charge in [-0.15, -0.1) is 0 Å². The second kappa shape index (κ2) is 8.17. The Morgan fingerprint density at radius 3 is 1.87 bits per heavy atom.